The second-order valence-electron chi connectivity index (χ2n) is 4.58. The topological polar surface area (TPSA) is 17.8 Å². The standard InChI is InChI=1S/C13H14Cl2N2S/c1-8(14)13-16-11-4-2-3-10(15)12(11)17(13)9-5-6-18-7-9/h2-4,8-9H,5-7H2,1H3. The molecule has 0 radical (unpaired) electrons. The molecule has 1 aliphatic rings. The maximum atomic E-state index is 6.35. The highest BCUT2D eigenvalue weighted by atomic mass is 35.5. The van der Waals surface area contributed by atoms with Crippen molar-refractivity contribution in [2.24, 2.45) is 0 Å². The fraction of sp³-hybridized carbons (Fsp3) is 0.462. The summed E-state index contributed by atoms with van der Waals surface area (Å²) in [6, 6.07) is 6.33. The van der Waals surface area contributed by atoms with Crippen LogP contribution in [-0.2, 0) is 0 Å². The fourth-order valence-electron chi connectivity index (χ4n) is 2.50. The SMILES string of the molecule is CC(Cl)c1nc2cccc(Cl)c2n1C1CCSC1. The van der Waals surface area contributed by atoms with Gasteiger partial charge >= 0.3 is 0 Å². The van der Waals surface area contributed by atoms with E-state index in [2.05, 4.69) is 9.55 Å². The van der Waals surface area contributed by atoms with E-state index in [0.29, 0.717) is 6.04 Å². The fourth-order valence-corrected chi connectivity index (χ4v) is 4.11. The molecule has 0 amide bonds. The Bertz CT molecular complexity index is 574. The van der Waals surface area contributed by atoms with Gasteiger partial charge < -0.3 is 4.57 Å². The van der Waals surface area contributed by atoms with Crippen molar-refractivity contribution in [3.8, 4) is 0 Å². The summed E-state index contributed by atoms with van der Waals surface area (Å²) in [7, 11) is 0. The van der Waals surface area contributed by atoms with Gasteiger partial charge in [-0.2, -0.15) is 11.8 Å². The van der Waals surface area contributed by atoms with Gasteiger partial charge in [-0.15, -0.1) is 11.6 Å². The Morgan fingerprint density at radius 2 is 2.33 bits per heavy atom. The first-order valence-electron chi connectivity index (χ1n) is 6.06. The van der Waals surface area contributed by atoms with E-state index in [0.717, 1.165) is 34.1 Å². The van der Waals surface area contributed by atoms with Crippen molar-refractivity contribution in [3.05, 3.63) is 29.0 Å². The van der Waals surface area contributed by atoms with E-state index in [1.54, 1.807) is 0 Å². The zero-order valence-corrected chi connectivity index (χ0v) is 12.4. The summed E-state index contributed by atoms with van der Waals surface area (Å²) >= 11 is 14.6. The third-order valence-corrected chi connectivity index (χ3v) is 4.96. The highest BCUT2D eigenvalue weighted by molar-refractivity contribution is 7.99. The number of aromatic nitrogens is 2. The molecular weight excluding hydrogens is 287 g/mol. The molecular formula is C13H14Cl2N2S. The van der Waals surface area contributed by atoms with E-state index in [1.807, 2.05) is 36.9 Å². The Kier molecular flexibility index (Phi) is 3.48. The van der Waals surface area contributed by atoms with Gasteiger partial charge in [0.15, 0.2) is 0 Å². The number of nitrogens with zero attached hydrogens (tertiary/aromatic N) is 2. The van der Waals surface area contributed by atoms with E-state index < -0.39 is 0 Å². The van der Waals surface area contributed by atoms with Gasteiger partial charge in [-0.05, 0) is 31.2 Å². The summed E-state index contributed by atoms with van der Waals surface area (Å²) in [6.45, 7) is 1.97. The summed E-state index contributed by atoms with van der Waals surface area (Å²) < 4.78 is 2.26. The molecule has 0 aliphatic carbocycles. The number of hydrogen-bond acceptors (Lipinski definition) is 2. The van der Waals surface area contributed by atoms with Crippen LogP contribution in [0.3, 0.4) is 0 Å². The Balaban J connectivity index is 2.26. The molecule has 18 heavy (non-hydrogen) atoms. The van der Waals surface area contributed by atoms with Crippen molar-refractivity contribution >= 4 is 46.0 Å². The predicted molar refractivity (Wildman–Crippen MR) is 80.0 cm³/mol. The lowest BCUT2D eigenvalue weighted by Crippen LogP contribution is -2.12. The van der Waals surface area contributed by atoms with Crippen LogP contribution >= 0.6 is 35.0 Å². The van der Waals surface area contributed by atoms with E-state index in [-0.39, 0.29) is 5.38 Å². The molecule has 2 unspecified atom stereocenters. The van der Waals surface area contributed by atoms with Crippen molar-refractivity contribution in [3.63, 3.8) is 0 Å². The van der Waals surface area contributed by atoms with Crippen LogP contribution in [0.1, 0.15) is 30.6 Å². The molecule has 2 nitrogen and oxygen atoms in total. The number of thioether (sulfide) groups is 1. The van der Waals surface area contributed by atoms with Gasteiger partial charge in [0.25, 0.3) is 0 Å². The van der Waals surface area contributed by atoms with Crippen LogP contribution in [-0.4, -0.2) is 21.1 Å². The second kappa shape index (κ2) is 4.95. The van der Waals surface area contributed by atoms with Crippen LogP contribution in [0, 0.1) is 0 Å². The molecule has 0 N–H and O–H groups in total. The largest absolute Gasteiger partial charge is 0.322 e. The lowest BCUT2D eigenvalue weighted by atomic mass is 10.2. The number of para-hydroxylation sites is 1. The molecule has 2 aromatic rings. The summed E-state index contributed by atoms with van der Waals surface area (Å²) in [6.07, 6.45) is 1.16. The van der Waals surface area contributed by atoms with Crippen LogP contribution in [0.5, 0.6) is 0 Å². The third kappa shape index (κ3) is 2.02. The molecule has 1 aromatic carbocycles. The minimum absolute atomic E-state index is 0.0981. The van der Waals surface area contributed by atoms with E-state index >= 15 is 0 Å². The van der Waals surface area contributed by atoms with Crippen LogP contribution in [0.2, 0.25) is 5.02 Å². The van der Waals surface area contributed by atoms with Gasteiger partial charge in [0, 0.05) is 11.8 Å². The second-order valence-corrected chi connectivity index (χ2v) is 6.79. The maximum absolute atomic E-state index is 6.35. The lowest BCUT2D eigenvalue weighted by Gasteiger charge is -2.17. The number of fused-ring (bicyclic) bond motifs is 1. The normalized spacial score (nSPS) is 21.6. The first-order chi connectivity index (χ1) is 8.68. The van der Waals surface area contributed by atoms with Crippen LogP contribution in [0.4, 0.5) is 0 Å². The zero-order chi connectivity index (χ0) is 12.7. The third-order valence-electron chi connectivity index (χ3n) is 3.31. The highest BCUT2D eigenvalue weighted by Crippen LogP contribution is 2.37. The maximum Gasteiger partial charge on any atom is 0.128 e. The summed E-state index contributed by atoms with van der Waals surface area (Å²) in [5.74, 6) is 3.25. The van der Waals surface area contributed by atoms with Crippen molar-refractivity contribution in [1.29, 1.82) is 0 Å². The smallest absolute Gasteiger partial charge is 0.128 e. The molecule has 0 saturated carbocycles. The Morgan fingerprint density at radius 1 is 1.50 bits per heavy atom. The number of rotatable bonds is 2. The molecule has 0 bridgehead atoms. The van der Waals surface area contributed by atoms with Crippen LogP contribution < -0.4 is 0 Å². The highest BCUT2D eigenvalue weighted by Gasteiger charge is 2.25. The predicted octanol–water partition coefficient (Wildman–Crippen LogP) is 4.67. The van der Waals surface area contributed by atoms with E-state index in [1.165, 1.54) is 5.75 Å². The zero-order valence-electron chi connectivity index (χ0n) is 10.1. The summed E-state index contributed by atoms with van der Waals surface area (Å²) in [5, 5.41) is 0.666. The quantitative estimate of drug-likeness (QED) is 0.750. The number of imidazole rings is 1. The molecule has 2 heterocycles. The lowest BCUT2D eigenvalue weighted by molar-refractivity contribution is 0.549. The molecule has 1 aromatic heterocycles. The van der Waals surface area contributed by atoms with Gasteiger partial charge in [-0.25, -0.2) is 4.98 Å². The van der Waals surface area contributed by atoms with Gasteiger partial charge in [-0.1, -0.05) is 17.7 Å². The average Bonchev–Trinajstić information content (AvgIpc) is 2.95. The van der Waals surface area contributed by atoms with Crippen molar-refractivity contribution in [2.45, 2.75) is 24.8 Å². The Labute approximate surface area is 121 Å². The Morgan fingerprint density at radius 3 is 3.00 bits per heavy atom. The molecule has 3 rings (SSSR count). The molecule has 0 spiro atoms. The van der Waals surface area contributed by atoms with E-state index in [4.69, 9.17) is 23.2 Å². The first kappa shape index (κ1) is 12.6. The summed E-state index contributed by atoms with van der Waals surface area (Å²) in [5.41, 5.74) is 1.98. The van der Waals surface area contributed by atoms with Gasteiger partial charge in [-0.3, -0.25) is 0 Å². The molecule has 96 valence electrons. The Hall–Kier alpha value is -0.380. The minimum Gasteiger partial charge on any atom is -0.322 e. The van der Waals surface area contributed by atoms with Crippen LogP contribution in [0.25, 0.3) is 11.0 Å². The van der Waals surface area contributed by atoms with Crippen molar-refractivity contribution < 1.29 is 0 Å². The number of hydrogen-bond donors (Lipinski definition) is 0. The van der Waals surface area contributed by atoms with Crippen LogP contribution in [0.15, 0.2) is 18.2 Å². The van der Waals surface area contributed by atoms with Gasteiger partial charge in [0.2, 0.25) is 0 Å². The molecule has 2 atom stereocenters. The van der Waals surface area contributed by atoms with E-state index in [9.17, 15) is 0 Å². The van der Waals surface area contributed by atoms with Gasteiger partial charge in [0.1, 0.15) is 5.82 Å². The summed E-state index contributed by atoms with van der Waals surface area (Å²) in [4.78, 5) is 4.65. The molecule has 1 saturated heterocycles. The number of alkyl halides is 1. The monoisotopic (exact) mass is 300 g/mol. The average molecular weight is 301 g/mol. The van der Waals surface area contributed by atoms with Crippen molar-refractivity contribution in [2.75, 3.05) is 11.5 Å². The minimum atomic E-state index is -0.0981. The first-order valence-corrected chi connectivity index (χ1v) is 8.03. The molecule has 1 fully saturated rings. The number of benzene rings is 1. The van der Waals surface area contributed by atoms with Gasteiger partial charge in [0.05, 0.1) is 21.4 Å². The molecule has 1 aliphatic heterocycles. The molecule has 5 heteroatoms. The van der Waals surface area contributed by atoms with Crippen molar-refractivity contribution in [1.82, 2.24) is 9.55 Å². The number of halogens is 2.